The third kappa shape index (κ3) is 46.9. The number of rotatable bonds is 6. The molecular formula is C23H35Na3O4. The summed E-state index contributed by atoms with van der Waals surface area (Å²) in [5, 5.41) is 0. The third-order valence-electron chi connectivity index (χ3n) is 2.65. The van der Waals surface area contributed by atoms with Crippen LogP contribution in [-0.2, 0) is 18.9 Å². The van der Waals surface area contributed by atoms with E-state index in [2.05, 4.69) is 18.9 Å². The molecule has 0 aliphatic rings. The van der Waals surface area contributed by atoms with Gasteiger partial charge in [0.05, 0.1) is 26.4 Å². The minimum atomic E-state index is 0. The van der Waals surface area contributed by atoms with Crippen LogP contribution in [0.25, 0.3) is 0 Å². The van der Waals surface area contributed by atoms with Gasteiger partial charge >= 0.3 is 88.7 Å². The molecule has 0 radical (unpaired) electrons. The maximum atomic E-state index is 4.66. The Kier molecular flexibility index (Phi) is 60.0. The van der Waals surface area contributed by atoms with Crippen molar-refractivity contribution in [2.75, 3.05) is 54.9 Å². The first kappa shape index (κ1) is 41.2. The second kappa shape index (κ2) is 43.7. The molecule has 0 amide bonds. The van der Waals surface area contributed by atoms with Gasteiger partial charge in [-0.3, -0.25) is 0 Å². The molecule has 0 bridgehead atoms. The first-order valence-corrected chi connectivity index (χ1v) is 8.79. The number of hydrogen-bond donors (Lipinski definition) is 0. The third-order valence-corrected chi connectivity index (χ3v) is 2.65. The summed E-state index contributed by atoms with van der Waals surface area (Å²) in [7, 11) is 6.61. The second-order valence-corrected chi connectivity index (χ2v) is 4.86. The number of ether oxygens (including phenoxy) is 4. The maximum Gasteiger partial charge on any atom is 1.00 e. The van der Waals surface area contributed by atoms with Crippen molar-refractivity contribution < 1.29 is 108 Å². The van der Waals surface area contributed by atoms with Crippen molar-refractivity contribution in [3.05, 3.63) is 91.0 Å². The smallest absolute Gasteiger partial charge is 0.382 e. The molecule has 0 aromatic heterocycles. The van der Waals surface area contributed by atoms with Crippen molar-refractivity contribution in [2.45, 2.75) is 0 Å². The fraction of sp³-hybridized carbons (Fsp3) is 0.348. The topological polar surface area (TPSA) is 36.9 Å². The van der Waals surface area contributed by atoms with Crippen LogP contribution in [0.4, 0.5) is 0 Å². The predicted octanol–water partition coefficient (Wildman–Crippen LogP) is -4.21. The Morgan fingerprint density at radius 1 is 0.400 bits per heavy atom. The van der Waals surface area contributed by atoms with E-state index < -0.39 is 0 Å². The largest absolute Gasteiger partial charge is 1.00 e. The van der Waals surface area contributed by atoms with E-state index in [-0.39, 0.29) is 88.7 Å². The first-order chi connectivity index (χ1) is 13.3. The molecule has 3 aromatic carbocycles. The average molecular weight is 444 g/mol. The zero-order chi connectivity index (χ0) is 20.3. The van der Waals surface area contributed by atoms with Crippen molar-refractivity contribution in [3.63, 3.8) is 0 Å². The summed E-state index contributed by atoms with van der Waals surface area (Å²) in [4.78, 5) is 0. The van der Waals surface area contributed by atoms with Gasteiger partial charge in [-0.05, 0) is 0 Å². The minimum absolute atomic E-state index is 0. The molecular weight excluding hydrogens is 409 g/mol. The Balaban J connectivity index is -0.0000000847. The molecule has 0 spiro atoms. The molecule has 0 heterocycles. The molecule has 0 N–H and O–H groups in total. The standard InChI is InChI=1S/3C5H5.2C4H10O2.3Na/c3*1-2-4-5-3-1;2*1-5-3-4-6-2;;;/h3*1-5H;2*3-4H2,1-2H3;;;/q3*-1;;;3*+1. The molecule has 0 atom stereocenters. The summed E-state index contributed by atoms with van der Waals surface area (Å²) in [5.74, 6) is 0. The zero-order valence-electron chi connectivity index (χ0n) is 20.1. The Bertz CT molecular complexity index is 356. The molecule has 7 heteroatoms. The van der Waals surface area contributed by atoms with Gasteiger partial charge in [0.2, 0.25) is 0 Å². The SMILES string of the molecule is COCCOC.COCCOC.[Na+].[Na+].[Na+].c1cc[cH-]c1.c1cc[cH-]c1.c1cc[cH-]c1. The molecule has 0 aliphatic heterocycles. The molecule has 4 nitrogen and oxygen atoms in total. The quantitative estimate of drug-likeness (QED) is 0.220. The maximum absolute atomic E-state index is 4.66. The zero-order valence-corrected chi connectivity index (χ0v) is 26.1. The van der Waals surface area contributed by atoms with E-state index in [4.69, 9.17) is 0 Å². The van der Waals surface area contributed by atoms with Crippen LogP contribution in [0.5, 0.6) is 0 Å². The minimum Gasteiger partial charge on any atom is -0.382 e. The van der Waals surface area contributed by atoms with Crippen LogP contribution in [0.15, 0.2) is 91.0 Å². The molecule has 0 unspecified atom stereocenters. The van der Waals surface area contributed by atoms with Crippen LogP contribution in [0.1, 0.15) is 0 Å². The van der Waals surface area contributed by atoms with Crippen LogP contribution in [0.2, 0.25) is 0 Å². The average Bonchev–Trinajstić information content (AvgIpc) is 3.52. The van der Waals surface area contributed by atoms with Gasteiger partial charge < -0.3 is 18.9 Å². The van der Waals surface area contributed by atoms with Crippen LogP contribution in [-0.4, -0.2) is 54.9 Å². The molecule has 0 fully saturated rings. The van der Waals surface area contributed by atoms with E-state index in [0.29, 0.717) is 26.4 Å². The van der Waals surface area contributed by atoms with Crippen molar-refractivity contribution in [1.82, 2.24) is 0 Å². The number of hydrogen-bond acceptors (Lipinski definition) is 4. The summed E-state index contributed by atoms with van der Waals surface area (Å²) in [6, 6.07) is 30.0. The fourth-order valence-electron chi connectivity index (χ4n) is 1.30. The summed E-state index contributed by atoms with van der Waals surface area (Å²) in [5.41, 5.74) is 0. The summed E-state index contributed by atoms with van der Waals surface area (Å²) >= 11 is 0. The van der Waals surface area contributed by atoms with Gasteiger partial charge in [-0.15, -0.1) is 0 Å². The van der Waals surface area contributed by atoms with E-state index >= 15 is 0 Å². The van der Waals surface area contributed by atoms with E-state index in [1.165, 1.54) is 0 Å². The molecule has 3 rings (SSSR count). The Morgan fingerprint density at radius 3 is 0.633 bits per heavy atom. The molecule has 0 saturated carbocycles. The predicted molar refractivity (Wildman–Crippen MR) is 114 cm³/mol. The number of methoxy groups -OCH3 is 4. The molecule has 3 aromatic rings. The van der Waals surface area contributed by atoms with Crippen molar-refractivity contribution in [3.8, 4) is 0 Å². The molecule has 30 heavy (non-hydrogen) atoms. The molecule has 0 saturated heterocycles. The van der Waals surface area contributed by atoms with E-state index in [9.17, 15) is 0 Å². The van der Waals surface area contributed by atoms with Gasteiger partial charge in [0, 0.05) is 28.4 Å². The Labute approximate surface area is 250 Å². The van der Waals surface area contributed by atoms with Gasteiger partial charge in [0.15, 0.2) is 0 Å². The molecule has 0 aliphatic carbocycles. The van der Waals surface area contributed by atoms with E-state index in [0.717, 1.165) is 0 Å². The summed E-state index contributed by atoms with van der Waals surface area (Å²) in [6.45, 7) is 2.76. The van der Waals surface area contributed by atoms with Crippen LogP contribution in [0, 0.1) is 0 Å². The normalized spacial score (nSPS) is 7.60. The monoisotopic (exact) mass is 444 g/mol. The van der Waals surface area contributed by atoms with Gasteiger partial charge in [0.1, 0.15) is 0 Å². The van der Waals surface area contributed by atoms with Crippen molar-refractivity contribution in [2.24, 2.45) is 0 Å². The van der Waals surface area contributed by atoms with Gasteiger partial charge in [-0.25, -0.2) is 36.4 Å². The van der Waals surface area contributed by atoms with Crippen LogP contribution >= 0.6 is 0 Å². The second-order valence-electron chi connectivity index (χ2n) is 4.86. The summed E-state index contributed by atoms with van der Waals surface area (Å²) in [6.07, 6.45) is 0. The van der Waals surface area contributed by atoms with Crippen LogP contribution < -0.4 is 88.7 Å². The van der Waals surface area contributed by atoms with Gasteiger partial charge in [-0.2, -0.15) is 54.6 Å². The van der Waals surface area contributed by atoms with Crippen molar-refractivity contribution >= 4 is 0 Å². The van der Waals surface area contributed by atoms with Gasteiger partial charge in [-0.1, -0.05) is 0 Å². The van der Waals surface area contributed by atoms with E-state index in [1.54, 1.807) is 28.4 Å². The van der Waals surface area contributed by atoms with Crippen molar-refractivity contribution in [1.29, 1.82) is 0 Å². The molecule has 154 valence electrons. The Morgan fingerprint density at radius 2 is 0.567 bits per heavy atom. The van der Waals surface area contributed by atoms with Gasteiger partial charge in [0.25, 0.3) is 0 Å². The first-order valence-electron chi connectivity index (χ1n) is 8.79. The summed E-state index contributed by atoms with van der Waals surface area (Å²) < 4.78 is 18.6. The van der Waals surface area contributed by atoms with E-state index in [1.807, 2.05) is 91.0 Å². The Hall–Kier alpha value is 0.890. The van der Waals surface area contributed by atoms with Crippen LogP contribution in [0.3, 0.4) is 0 Å². The fourth-order valence-corrected chi connectivity index (χ4v) is 1.30.